The van der Waals surface area contributed by atoms with Crippen LogP contribution in [0.15, 0.2) is 40.4 Å². The molecule has 0 fully saturated rings. The molecule has 0 aliphatic heterocycles. The maximum absolute atomic E-state index is 12.6. The summed E-state index contributed by atoms with van der Waals surface area (Å²) in [5, 5.41) is 12.5. The molecular formula is C21H17BrCl2N2O5. The van der Waals surface area contributed by atoms with E-state index in [-0.39, 0.29) is 33.7 Å². The van der Waals surface area contributed by atoms with Gasteiger partial charge in [0.25, 0.3) is 5.91 Å². The number of halogens is 3. The van der Waals surface area contributed by atoms with E-state index in [1.807, 2.05) is 6.07 Å². The van der Waals surface area contributed by atoms with Gasteiger partial charge in [-0.05, 0) is 58.8 Å². The number of nitriles is 1. The first-order chi connectivity index (χ1) is 14.8. The molecule has 10 heteroatoms. The minimum Gasteiger partial charge on any atom is -0.490 e. The fourth-order valence-electron chi connectivity index (χ4n) is 2.37. The average Bonchev–Trinajstić information content (AvgIpc) is 2.74. The van der Waals surface area contributed by atoms with Crippen molar-refractivity contribution >= 4 is 62.8 Å². The number of carbonyl (C=O) groups is 2. The summed E-state index contributed by atoms with van der Waals surface area (Å²) in [6.45, 7) is 1.80. The van der Waals surface area contributed by atoms with E-state index in [9.17, 15) is 14.9 Å². The Morgan fingerprint density at radius 3 is 2.65 bits per heavy atom. The van der Waals surface area contributed by atoms with Gasteiger partial charge in [0.1, 0.15) is 11.6 Å². The van der Waals surface area contributed by atoms with Crippen LogP contribution in [0.25, 0.3) is 6.08 Å². The number of amides is 1. The first-order valence-electron chi connectivity index (χ1n) is 8.83. The fraction of sp³-hybridized carbons (Fsp3) is 0.190. The van der Waals surface area contributed by atoms with Crippen molar-refractivity contribution in [2.75, 3.05) is 25.6 Å². The quantitative estimate of drug-likeness (QED) is 0.286. The Labute approximate surface area is 197 Å². The molecule has 7 nitrogen and oxygen atoms in total. The highest BCUT2D eigenvalue weighted by Crippen LogP contribution is 2.37. The number of methoxy groups -OCH3 is 1. The second kappa shape index (κ2) is 11.6. The summed E-state index contributed by atoms with van der Waals surface area (Å²) in [5.41, 5.74) is 0.598. The van der Waals surface area contributed by atoms with Crippen molar-refractivity contribution in [1.82, 2.24) is 0 Å². The average molecular weight is 528 g/mol. The summed E-state index contributed by atoms with van der Waals surface area (Å²) in [6, 6.07) is 9.83. The predicted molar refractivity (Wildman–Crippen MR) is 122 cm³/mol. The predicted octanol–water partition coefficient (Wildman–Crippen LogP) is 5.25. The van der Waals surface area contributed by atoms with Gasteiger partial charge in [0, 0.05) is 0 Å². The zero-order valence-electron chi connectivity index (χ0n) is 16.5. The maximum Gasteiger partial charge on any atom is 0.343 e. The molecule has 0 radical (unpaired) electrons. The second-order valence-corrected chi connectivity index (χ2v) is 7.49. The third kappa shape index (κ3) is 6.62. The normalized spacial score (nSPS) is 10.8. The topological polar surface area (TPSA) is 97.6 Å². The maximum atomic E-state index is 12.6. The van der Waals surface area contributed by atoms with Gasteiger partial charge in [-0.25, -0.2) is 4.79 Å². The van der Waals surface area contributed by atoms with E-state index >= 15 is 0 Å². The van der Waals surface area contributed by atoms with Gasteiger partial charge < -0.3 is 19.5 Å². The summed E-state index contributed by atoms with van der Waals surface area (Å²) in [7, 11) is 1.25. The summed E-state index contributed by atoms with van der Waals surface area (Å²) in [5.74, 6) is -0.603. The summed E-state index contributed by atoms with van der Waals surface area (Å²) in [6.07, 6.45) is 1.38. The molecule has 2 aromatic rings. The third-order valence-electron chi connectivity index (χ3n) is 3.77. The van der Waals surface area contributed by atoms with Gasteiger partial charge in [-0.1, -0.05) is 29.3 Å². The van der Waals surface area contributed by atoms with Gasteiger partial charge in [0.05, 0.1) is 33.9 Å². The lowest BCUT2D eigenvalue weighted by Crippen LogP contribution is -2.14. The van der Waals surface area contributed by atoms with Crippen LogP contribution in [0, 0.1) is 11.3 Å². The van der Waals surface area contributed by atoms with Crippen LogP contribution in [0.1, 0.15) is 12.5 Å². The first-order valence-corrected chi connectivity index (χ1v) is 10.4. The zero-order valence-corrected chi connectivity index (χ0v) is 19.6. The molecule has 0 aliphatic rings. The van der Waals surface area contributed by atoms with Gasteiger partial charge in [0.15, 0.2) is 18.1 Å². The summed E-state index contributed by atoms with van der Waals surface area (Å²) < 4.78 is 16.1. The SMILES string of the molecule is CCOc1cc(/C=C(/C#N)C(=O)Nc2cccc(Cl)c2Cl)cc(Br)c1OCC(=O)OC. The molecule has 0 aromatic heterocycles. The van der Waals surface area contributed by atoms with Crippen molar-refractivity contribution in [3.8, 4) is 17.6 Å². The van der Waals surface area contributed by atoms with Gasteiger partial charge >= 0.3 is 5.97 Å². The molecule has 31 heavy (non-hydrogen) atoms. The Morgan fingerprint density at radius 2 is 2.00 bits per heavy atom. The molecule has 0 spiro atoms. The van der Waals surface area contributed by atoms with Gasteiger partial charge in [0.2, 0.25) is 0 Å². The summed E-state index contributed by atoms with van der Waals surface area (Å²) in [4.78, 5) is 23.9. The molecule has 0 saturated heterocycles. The minimum atomic E-state index is -0.660. The van der Waals surface area contributed by atoms with Crippen molar-refractivity contribution in [2.24, 2.45) is 0 Å². The van der Waals surface area contributed by atoms with Crippen molar-refractivity contribution in [2.45, 2.75) is 6.92 Å². The van der Waals surface area contributed by atoms with E-state index in [0.29, 0.717) is 22.4 Å². The number of hydrogen-bond acceptors (Lipinski definition) is 6. The Balaban J connectivity index is 2.34. The summed E-state index contributed by atoms with van der Waals surface area (Å²) >= 11 is 15.4. The Bertz CT molecular complexity index is 1070. The molecule has 0 atom stereocenters. The lowest BCUT2D eigenvalue weighted by Gasteiger charge is -2.14. The lowest BCUT2D eigenvalue weighted by atomic mass is 10.1. The highest BCUT2D eigenvalue weighted by atomic mass is 79.9. The first kappa shape index (κ1) is 24.5. The van der Waals surface area contributed by atoms with E-state index in [2.05, 4.69) is 26.0 Å². The molecule has 0 aliphatic carbocycles. The van der Waals surface area contributed by atoms with E-state index in [0.717, 1.165) is 0 Å². The lowest BCUT2D eigenvalue weighted by molar-refractivity contribution is -0.142. The molecule has 0 unspecified atom stereocenters. The highest BCUT2D eigenvalue weighted by molar-refractivity contribution is 9.10. The van der Waals surface area contributed by atoms with Crippen LogP contribution in [-0.2, 0) is 14.3 Å². The number of carbonyl (C=O) groups excluding carboxylic acids is 2. The van der Waals surface area contributed by atoms with Crippen LogP contribution in [0.4, 0.5) is 5.69 Å². The monoisotopic (exact) mass is 526 g/mol. The van der Waals surface area contributed by atoms with Crippen LogP contribution in [0.3, 0.4) is 0 Å². The number of benzene rings is 2. The molecule has 2 rings (SSSR count). The number of hydrogen-bond donors (Lipinski definition) is 1. The number of rotatable bonds is 8. The number of nitrogens with one attached hydrogen (secondary N) is 1. The number of nitrogens with zero attached hydrogens (tertiary/aromatic N) is 1. The van der Waals surface area contributed by atoms with E-state index < -0.39 is 11.9 Å². The zero-order chi connectivity index (χ0) is 23.0. The second-order valence-electron chi connectivity index (χ2n) is 5.85. The molecule has 162 valence electrons. The highest BCUT2D eigenvalue weighted by Gasteiger charge is 2.16. The van der Waals surface area contributed by atoms with E-state index in [4.69, 9.17) is 32.7 Å². The number of anilines is 1. The molecule has 2 aromatic carbocycles. The van der Waals surface area contributed by atoms with Crippen molar-refractivity contribution < 1.29 is 23.8 Å². The van der Waals surface area contributed by atoms with E-state index in [1.165, 1.54) is 13.2 Å². The standard InChI is InChI=1S/C21H17BrCl2N2O5/c1-3-30-17-9-12(8-14(22)20(17)31-11-18(27)29-2)7-13(10-25)21(28)26-16-6-4-5-15(23)19(16)24/h4-9H,3,11H2,1-2H3,(H,26,28)/b13-7-. The largest absolute Gasteiger partial charge is 0.490 e. The van der Waals surface area contributed by atoms with Crippen molar-refractivity contribution in [3.05, 3.63) is 56.0 Å². The van der Waals surface area contributed by atoms with Crippen LogP contribution < -0.4 is 14.8 Å². The van der Waals surface area contributed by atoms with E-state index in [1.54, 1.807) is 37.3 Å². The van der Waals surface area contributed by atoms with Crippen molar-refractivity contribution in [1.29, 1.82) is 5.26 Å². The van der Waals surface area contributed by atoms with Gasteiger partial charge in [-0.15, -0.1) is 0 Å². The molecular weight excluding hydrogens is 511 g/mol. The number of esters is 1. The molecule has 1 amide bonds. The van der Waals surface area contributed by atoms with Gasteiger partial charge in [-0.2, -0.15) is 5.26 Å². The Hall–Kier alpha value is -2.73. The molecule has 1 N–H and O–H groups in total. The number of ether oxygens (including phenoxy) is 3. The Kier molecular flexibility index (Phi) is 9.19. The van der Waals surface area contributed by atoms with Crippen LogP contribution in [0.2, 0.25) is 10.0 Å². The van der Waals surface area contributed by atoms with Crippen LogP contribution in [-0.4, -0.2) is 32.2 Å². The third-order valence-corrected chi connectivity index (χ3v) is 5.18. The smallest absolute Gasteiger partial charge is 0.343 e. The molecule has 0 bridgehead atoms. The molecule has 0 saturated carbocycles. The van der Waals surface area contributed by atoms with Gasteiger partial charge in [-0.3, -0.25) is 4.79 Å². The Morgan fingerprint density at radius 1 is 1.26 bits per heavy atom. The minimum absolute atomic E-state index is 0.170. The van der Waals surface area contributed by atoms with Crippen LogP contribution >= 0.6 is 39.1 Å². The molecule has 0 heterocycles. The van der Waals surface area contributed by atoms with Crippen molar-refractivity contribution in [3.63, 3.8) is 0 Å². The fourth-order valence-corrected chi connectivity index (χ4v) is 3.29. The van der Waals surface area contributed by atoms with Crippen LogP contribution in [0.5, 0.6) is 11.5 Å².